The van der Waals surface area contributed by atoms with Gasteiger partial charge in [-0.05, 0) is 80.6 Å². The maximum absolute atomic E-state index is 13.1. The normalized spacial score (nSPS) is 16.8. The molecule has 7 heteroatoms. The summed E-state index contributed by atoms with van der Waals surface area (Å²) in [6, 6.07) is 13.0. The minimum Gasteiger partial charge on any atom is -0.366 e. The predicted molar refractivity (Wildman–Crippen MR) is 116 cm³/mol. The molecule has 2 aromatic carbocycles. The average Bonchev–Trinajstić information content (AvgIpc) is 2.73. The molecule has 0 aliphatic carbocycles. The number of urea groups is 1. The van der Waals surface area contributed by atoms with E-state index in [9.17, 15) is 14.0 Å². The highest BCUT2D eigenvalue weighted by Crippen LogP contribution is 2.21. The Morgan fingerprint density at radius 3 is 2.73 bits per heavy atom. The summed E-state index contributed by atoms with van der Waals surface area (Å²) in [4.78, 5) is 25.7. The summed E-state index contributed by atoms with van der Waals surface area (Å²) >= 11 is 0. The minimum atomic E-state index is -0.529. The van der Waals surface area contributed by atoms with E-state index in [0.717, 1.165) is 38.9 Å². The van der Waals surface area contributed by atoms with Crippen molar-refractivity contribution in [1.29, 1.82) is 0 Å². The summed E-state index contributed by atoms with van der Waals surface area (Å²) in [5.41, 5.74) is 7.32. The molecular weight excluding hydrogens is 383 g/mol. The van der Waals surface area contributed by atoms with Gasteiger partial charge in [-0.15, -0.1) is 0 Å². The first-order valence-electron chi connectivity index (χ1n) is 10.4. The molecule has 1 fully saturated rings. The lowest BCUT2D eigenvalue weighted by Gasteiger charge is -2.32. The molecule has 0 saturated carbocycles. The zero-order valence-electron chi connectivity index (χ0n) is 17.1. The number of amides is 3. The number of hydrogen-bond donors (Lipinski definition) is 3. The molecule has 6 nitrogen and oxygen atoms in total. The summed E-state index contributed by atoms with van der Waals surface area (Å²) in [7, 11) is 0. The van der Waals surface area contributed by atoms with Crippen LogP contribution in [0.15, 0.2) is 48.5 Å². The third-order valence-electron chi connectivity index (χ3n) is 5.38. The number of likely N-dealkylation sites (tertiary alicyclic amines) is 1. The second kappa shape index (κ2) is 10.7. The number of rotatable bonds is 8. The summed E-state index contributed by atoms with van der Waals surface area (Å²) in [5, 5.41) is 5.56. The summed E-state index contributed by atoms with van der Waals surface area (Å²) in [5.74, 6) is -0.141. The SMILES string of the molecule is NC(=O)c1cccc(NC(=O)NCCCN2CCCC(Cc3ccc(F)cc3)C2)c1. The average molecular weight is 413 g/mol. The van der Waals surface area contributed by atoms with Crippen LogP contribution >= 0.6 is 0 Å². The first kappa shape index (κ1) is 21.8. The molecule has 2 aromatic rings. The third-order valence-corrected chi connectivity index (χ3v) is 5.38. The van der Waals surface area contributed by atoms with Gasteiger partial charge in [-0.1, -0.05) is 18.2 Å². The number of hydrogen-bond acceptors (Lipinski definition) is 3. The quantitative estimate of drug-likeness (QED) is 0.581. The monoisotopic (exact) mass is 412 g/mol. The van der Waals surface area contributed by atoms with E-state index in [1.807, 2.05) is 12.1 Å². The van der Waals surface area contributed by atoms with Crippen molar-refractivity contribution >= 4 is 17.6 Å². The smallest absolute Gasteiger partial charge is 0.319 e. The molecule has 0 spiro atoms. The number of nitrogens with zero attached hydrogens (tertiary/aromatic N) is 1. The van der Waals surface area contributed by atoms with E-state index in [4.69, 9.17) is 5.73 Å². The third kappa shape index (κ3) is 6.84. The fraction of sp³-hybridized carbons (Fsp3) is 0.391. The fourth-order valence-electron chi connectivity index (χ4n) is 3.90. The lowest BCUT2D eigenvalue weighted by atomic mass is 9.91. The number of carbonyl (C=O) groups excluding carboxylic acids is 2. The van der Waals surface area contributed by atoms with Gasteiger partial charge in [-0.3, -0.25) is 4.79 Å². The maximum Gasteiger partial charge on any atom is 0.319 e. The predicted octanol–water partition coefficient (Wildman–Crippen LogP) is 3.39. The Morgan fingerprint density at radius 1 is 1.17 bits per heavy atom. The van der Waals surface area contributed by atoms with Gasteiger partial charge in [0.05, 0.1) is 0 Å². The van der Waals surface area contributed by atoms with Crippen molar-refractivity contribution in [2.24, 2.45) is 11.7 Å². The van der Waals surface area contributed by atoms with Crippen LogP contribution in [0.5, 0.6) is 0 Å². The molecule has 1 aliphatic heterocycles. The molecule has 0 bridgehead atoms. The topological polar surface area (TPSA) is 87.5 Å². The highest BCUT2D eigenvalue weighted by Gasteiger charge is 2.19. The van der Waals surface area contributed by atoms with Gasteiger partial charge < -0.3 is 21.3 Å². The highest BCUT2D eigenvalue weighted by atomic mass is 19.1. The molecule has 1 saturated heterocycles. The second-order valence-electron chi connectivity index (χ2n) is 7.82. The number of piperidine rings is 1. The van der Waals surface area contributed by atoms with Crippen LogP contribution in [0.25, 0.3) is 0 Å². The fourth-order valence-corrected chi connectivity index (χ4v) is 3.90. The molecule has 4 N–H and O–H groups in total. The van der Waals surface area contributed by atoms with Gasteiger partial charge in [0.1, 0.15) is 5.82 Å². The molecule has 1 atom stereocenters. The van der Waals surface area contributed by atoms with E-state index in [1.165, 1.54) is 24.1 Å². The molecular formula is C23H29FN4O2. The van der Waals surface area contributed by atoms with Crippen LogP contribution in [0, 0.1) is 11.7 Å². The van der Waals surface area contributed by atoms with Gasteiger partial charge in [-0.2, -0.15) is 0 Å². The number of nitrogens with two attached hydrogens (primary N) is 1. The van der Waals surface area contributed by atoms with Crippen molar-refractivity contribution < 1.29 is 14.0 Å². The molecule has 30 heavy (non-hydrogen) atoms. The minimum absolute atomic E-state index is 0.193. The zero-order valence-corrected chi connectivity index (χ0v) is 17.1. The van der Waals surface area contributed by atoms with E-state index >= 15 is 0 Å². The number of halogens is 1. The van der Waals surface area contributed by atoms with Gasteiger partial charge in [0.25, 0.3) is 0 Å². The van der Waals surface area contributed by atoms with Gasteiger partial charge >= 0.3 is 6.03 Å². The summed E-state index contributed by atoms with van der Waals surface area (Å²) in [6.45, 7) is 3.60. The number of carbonyl (C=O) groups is 2. The van der Waals surface area contributed by atoms with Gasteiger partial charge in [0.2, 0.25) is 5.91 Å². The summed E-state index contributed by atoms with van der Waals surface area (Å²) < 4.78 is 13.1. The molecule has 3 rings (SSSR count). The van der Waals surface area contributed by atoms with Crippen molar-refractivity contribution in [2.75, 3.05) is 31.5 Å². The van der Waals surface area contributed by atoms with E-state index in [-0.39, 0.29) is 11.8 Å². The molecule has 160 valence electrons. The van der Waals surface area contributed by atoms with Gasteiger partial charge in [0, 0.05) is 24.3 Å². The number of anilines is 1. The largest absolute Gasteiger partial charge is 0.366 e. The highest BCUT2D eigenvalue weighted by molar-refractivity contribution is 5.95. The first-order valence-corrected chi connectivity index (χ1v) is 10.4. The van der Waals surface area contributed by atoms with Crippen LogP contribution in [-0.4, -0.2) is 43.0 Å². The maximum atomic E-state index is 13.1. The van der Waals surface area contributed by atoms with Crippen molar-refractivity contribution in [3.8, 4) is 0 Å². The molecule has 1 heterocycles. The van der Waals surface area contributed by atoms with E-state index in [1.54, 1.807) is 24.3 Å². The van der Waals surface area contributed by atoms with Crippen molar-refractivity contribution in [1.82, 2.24) is 10.2 Å². The van der Waals surface area contributed by atoms with Crippen LogP contribution in [0.4, 0.5) is 14.9 Å². The Bertz CT molecular complexity index is 857. The van der Waals surface area contributed by atoms with Crippen LogP contribution < -0.4 is 16.4 Å². The van der Waals surface area contributed by atoms with Crippen LogP contribution in [0.1, 0.15) is 35.2 Å². The molecule has 1 aliphatic rings. The number of nitrogens with one attached hydrogen (secondary N) is 2. The lowest BCUT2D eigenvalue weighted by molar-refractivity contribution is 0.1000. The molecule has 0 radical (unpaired) electrons. The van der Waals surface area contributed by atoms with Crippen molar-refractivity contribution in [3.63, 3.8) is 0 Å². The molecule has 1 unspecified atom stereocenters. The van der Waals surface area contributed by atoms with Crippen molar-refractivity contribution in [2.45, 2.75) is 25.7 Å². The summed E-state index contributed by atoms with van der Waals surface area (Å²) in [6.07, 6.45) is 4.19. The Hall–Kier alpha value is -2.93. The van der Waals surface area contributed by atoms with Crippen LogP contribution in [0.2, 0.25) is 0 Å². The van der Waals surface area contributed by atoms with Crippen LogP contribution in [0.3, 0.4) is 0 Å². The van der Waals surface area contributed by atoms with E-state index < -0.39 is 5.91 Å². The van der Waals surface area contributed by atoms with E-state index in [2.05, 4.69) is 15.5 Å². The van der Waals surface area contributed by atoms with Crippen molar-refractivity contribution in [3.05, 3.63) is 65.5 Å². The van der Waals surface area contributed by atoms with Gasteiger partial charge in [0.15, 0.2) is 0 Å². The Balaban J connectivity index is 1.35. The molecule has 0 aromatic heterocycles. The number of primary amides is 1. The molecule has 3 amide bonds. The van der Waals surface area contributed by atoms with Gasteiger partial charge in [-0.25, -0.2) is 9.18 Å². The second-order valence-corrected chi connectivity index (χ2v) is 7.82. The Kier molecular flexibility index (Phi) is 7.79. The van der Waals surface area contributed by atoms with E-state index in [0.29, 0.717) is 23.7 Å². The Labute approximate surface area is 176 Å². The standard InChI is InChI=1S/C23H29FN4O2/c24-20-9-7-17(8-10-20)14-18-4-2-12-28(16-18)13-3-11-26-23(30)27-21-6-1-5-19(15-21)22(25)29/h1,5-10,15,18H,2-4,11-14,16H2,(H2,25,29)(H2,26,27,30). The lowest BCUT2D eigenvalue weighted by Crippen LogP contribution is -2.38. The zero-order chi connectivity index (χ0) is 21.3. The Morgan fingerprint density at radius 2 is 1.97 bits per heavy atom. The van der Waals surface area contributed by atoms with Crippen LogP contribution in [-0.2, 0) is 6.42 Å². The first-order chi connectivity index (χ1) is 14.5. The number of benzene rings is 2.